The van der Waals surface area contributed by atoms with Crippen LogP contribution in [0.1, 0.15) is 23.3 Å². The molecule has 0 saturated carbocycles. The number of amides is 2. The third-order valence-electron chi connectivity index (χ3n) is 3.68. The number of nitrogens with zero attached hydrogens (tertiary/aromatic N) is 3. The van der Waals surface area contributed by atoms with Crippen molar-refractivity contribution in [2.45, 2.75) is 13.0 Å². The molecule has 2 N–H and O–H groups in total. The SMILES string of the molecule is CC(C(=O)Nc1cccc(NC(=O)c2ccc(Cl)nc2)c1)n1cccn1. The lowest BCUT2D eigenvalue weighted by Crippen LogP contribution is -2.24. The van der Waals surface area contributed by atoms with Gasteiger partial charge in [-0.25, -0.2) is 4.98 Å². The highest BCUT2D eigenvalue weighted by atomic mass is 35.5. The molecule has 0 aliphatic heterocycles. The highest BCUT2D eigenvalue weighted by molar-refractivity contribution is 6.29. The van der Waals surface area contributed by atoms with Gasteiger partial charge in [0.25, 0.3) is 5.91 Å². The maximum atomic E-state index is 12.3. The van der Waals surface area contributed by atoms with Gasteiger partial charge in [-0.2, -0.15) is 5.10 Å². The highest BCUT2D eigenvalue weighted by Crippen LogP contribution is 2.18. The van der Waals surface area contributed by atoms with E-state index >= 15 is 0 Å². The summed E-state index contributed by atoms with van der Waals surface area (Å²) in [5.41, 5.74) is 1.51. The van der Waals surface area contributed by atoms with E-state index in [1.165, 1.54) is 6.20 Å². The molecule has 3 aromatic rings. The number of carbonyl (C=O) groups excluding carboxylic acids is 2. The monoisotopic (exact) mass is 369 g/mol. The van der Waals surface area contributed by atoms with Crippen LogP contribution in [-0.2, 0) is 4.79 Å². The van der Waals surface area contributed by atoms with E-state index in [0.29, 0.717) is 22.1 Å². The number of carbonyl (C=O) groups is 2. The number of anilines is 2. The van der Waals surface area contributed by atoms with Crippen LogP contribution in [0.25, 0.3) is 0 Å². The van der Waals surface area contributed by atoms with Crippen molar-refractivity contribution < 1.29 is 9.59 Å². The second-order valence-electron chi connectivity index (χ2n) is 5.56. The molecule has 0 aliphatic carbocycles. The molecule has 0 spiro atoms. The Morgan fingerprint density at radius 3 is 2.54 bits per heavy atom. The Morgan fingerprint density at radius 1 is 1.12 bits per heavy atom. The van der Waals surface area contributed by atoms with Gasteiger partial charge in [-0.15, -0.1) is 0 Å². The quantitative estimate of drug-likeness (QED) is 0.675. The van der Waals surface area contributed by atoms with E-state index in [1.54, 1.807) is 66.5 Å². The van der Waals surface area contributed by atoms with E-state index in [-0.39, 0.29) is 11.8 Å². The van der Waals surface area contributed by atoms with Crippen LogP contribution in [0.4, 0.5) is 11.4 Å². The van der Waals surface area contributed by atoms with Gasteiger partial charge in [-0.3, -0.25) is 14.3 Å². The molecule has 8 heteroatoms. The van der Waals surface area contributed by atoms with Gasteiger partial charge in [-0.05, 0) is 43.3 Å². The van der Waals surface area contributed by atoms with Gasteiger partial charge in [0.15, 0.2) is 0 Å². The van der Waals surface area contributed by atoms with Gasteiger partial charge < -0.3 is 10.6 Å². The summed E-state index contributed by atoms with van der Waals surface area (Å²) in [6.45, 7) is 1.75. The first-order valence-corrected chi connectivity index (χ1v) is 8.24. The zero-order valence-corrected chi connectivity index (χ0v) is 14.6. The Hall–Kier alpha value is -3.19. The largest absolute Gasteiger partial charge is 0.324 e. The van der Waals surface area contributed by atoms with E-state index in [9.17, 15) is 9.59 Å². The molecule has 7 nitrogen and oxygen atoms in total. The first kappa shape index (κ1) is 17.6. The predicted molar refractivity (Wildman–Crippen MR) is 99.2 cm³/mol. The van der Waals surface area contributed by atoms with Gasteiger partial charge in [0.1, 0.15) is 11.2 Å². The topological polar surface area (TPSA) is 88.9 Å². The maximum absolute atomic E-state index is 12.3. The summed E-state index contributed by atoms with van der Waals surface area (Å²) in [4.78, 5) is 28.4. The molecule has 2 amide bonds. The van der Waals surface area contributed by atoms with Crippen molar-refractivity contribution in [3.63, 3.8) is 0 Å². The van der Waals surface area contributed by atoms with Crippen molar-refractivity contribution in [1.82, 2.24) is 14.8 Å². The van der Waals surface area contributed by atoms with Gasteiger partial charge in [0, 0.05) is 30.0 Å². The lowest BCUT2D eigenvalue weighted by atomic mass is 10.2. The lowest BCUT2D eigenvalue weighted by Gasteiger charge is -2.13. The lowest BCUT2D eigenvalue weighted by molar-refractivity contribution is -0.119. The molecule has 132 valence electrons. The van der Waals surface area contributed by atoms with E-state index in [4.69, 9.17) is 11.6 Å². The summed E-state index contributed by atoms with van der Waals surface area (Å²) in [7, 11) is 0. The summed E-state index contributed by atoms with van der Waals surface area (Å²) in [6, 6.07) is 11.3. The Kier molecular flexibility index (Phi) is 5.28. The molecule has 1 aromatic carbocycles. The van der Waals surface area contributed by atoms with Crippen molar-refractivity contribution in [1.29, 1.82) is 0 Å². The van der Waals surface area contributed by atoms with Gasteiger partial charge >= 0.3 is 0 Å². The van der Waals surface area contributed by atoms with Crippen LogP contribution in [0.2, 0.25) is 5.15 Å². The molecule has 0 aliphatic rings. The van der Waals surface area contributed by atoms with Gasteiger partial charge in [-0.1, -0.05) is 17.7 Å². The minimum absolute atomic E-state index is 0.209. The average Bonchev–Trinajstić information content (AvgIpc) is 3.16. The van der Waals surface area contributed by atoms with E-state index in [0.717, 1.165) is 0 Å². The van der Waals surface area contributed by atoms with Crippen molar-refractivity contribution >= 4 is 34.8 Å². The highest BCUT2D eigenvalue weighted by Gasteiger charge is 2.15. The summed E-state index contributed by atoms with van der Waals surface area (Å²) < 4.78 is 1.56. The molecular weight excluding hydrogens is 354 g/mol. The minimum atomic E-state index is -0.455. The van der Waals surface area contributed by atoms with Crippen molar-refractivity contribution in [3.05, 3.63) is 71.8 Å². The van der Waals surface area contributed by atoms with E-state index in [2.05, 4.69) is 20.7 Å². The van der Waals surface area contributed by atoms with Gasteiger partial charge in [0.2, 0.25) is 5.91 Å². The first-order chi connectivity index (χ1) is 12.5. The van der Waals surface area contributed by atoms with Crippen LogP contribution in [0.5, 0.6) is 0 Å². The van der Waals surface area contributed by atoms with Crippen molar-refractivity contribution in [2.75, 3.05) is 10.6 Å². The molecule has 2 aromatic heterocycles. The Morgan fingerprint density at radius 2 is 1.88 bits per heavy atom. The standard InChI is InChI=1S/C18H16ClN5O2/c1-12(24-9-3-8-21-24)17(25)22-14-4-2-5-15(10-14)23-18(26)13-6-7-16(19)20-11-13/h2-12H,1H3,(H,22,25)(H,23,26). The van der Waals surface area contributed by atoms with Crippen LogP contribution in [0, 0.1) is 0 Å². The summed E-state index contributed by atoms with van der Waals surface area (Å²) in [6.07, 6.45) is 4.74. The zero-order chi connectivity index (χ0) is 18.5. The number of hydrogen-bond acceptors (Lipinski definition) is 4. The fourth-order valence-corrected chi connectivity index (χ4v) is 2.38. The number of hydrogen-bond donors (Lipinski definition) is 2. The molecule has 0 saturated heterocycles. The smallest absolute Gasteiger partial charge is 0.257 e. The number of halogens is 1. The van der Waals surface area contributed by atoms with Crippen LogP contribution >= 0.6 is 11.6 Å². The van der Waals surface area contributed by atoms with Crippen molar-refractivity contribution in [3.8, 4) is 0 Å². The molecule has 1 atom stereocenters. The van der Waals surface area contributed by atoms with Crippen LogP contribution in [0.3, 0.4) is 0 Å². The molecule has 1 unspecified atom stereocenters. The molecule has 2 heterocycles. The molecular formula is C18H16ClN5O2. The molecule has 0 fully saturated rings. The fourth-order valence-electron chi connectivity index (χ4n) is 2.26. The predicted octanol–water partition coefficient (Wildman–Crippen LogP) is 3.38. The number of benzene rings is 1. The number of rotatable bonds is 5. The Balaban J connectivity index is 1.67. The molecule has 3 rings (SSSR count). The second kappa shape index (κ2) is 7.79. The van der Waals surface area contributed by atoms with Crippen molar-refractivity contribution in [2.24, 2.45) is 0 Å². The van der Waals surface area contributed by atoms with Gasteiger partial charge in [0.05, 0.1) is 5.56 Å². The van der Waals surface area contributed by atoms with E-state index in [1.807, 2.05) is 0 Å². The molecule has 0 bridgehead atoms. The maximum Gasteiger partial charge on any atom is 0.257 e. The van der Waals surface area contributed by atoms with E-state index < -0.39 is 6.04 Å². The summed E-state index contributed by atoms with van der Waals surface area (Å²) in [5.74, 6) is -0.526. The normalized spacial score (nSPS) is 11.6. The molecule has 0 radical (unpaired) electrons. The summed E-state index contributed by atoms with van der Waals surface area (Å²) >= 11 is 5.72. The minimum Gasteiger partial charge on any atom is -0.324 e. The fraction of sp³-hybridized carbons (Fsp3) is 0.111. The zero-order valence-electron chi connectivity index (χ0n) is 13.9. The Bertz CT molecular complexity index is 910. The van der Waals surface area contributed by atoms with Crippen LogP contribution < -0.4 is 10.6 Å². The van der Waals surface area contributed by atoms with Crippen LogP contribution in [0.15, 0.2) is 61.1 Å². The number of nitrogens with one attached hydrogen (secondary N) is 2. The third-order valence-corrected chi connectivity index (χ3v) is 3.90. The first-order valence-electron chi connectivity index (χ1n) is 7.86. The summed E-state index contributed by atoms with van der Waals surface area (Å²) in [5, 5.41) is 9.94. The Labute approximate surface area is 155 Å². The third kappa shape index (κ3) is 4.25. The number of pyridine rings is 1. The average molecular weight is 370 g/mol. The van der Waals surface area contributed by atoms with Crippen LogP contribution in [-0.4, -0.2) is 26.6 Å². The second-order valence-corrected chi connectivity index (χ2v) is 5.94. The number of aromatic nitrogens is 3. The molecule has 26 heavy (non-hydrogen) atoms.